The predicted molar refractivity (Wildman–Crippen MR) is 80.9 cm³/mol. The summed E-state index contributed by atoms with van der Waals surface area (Å²) in [4.78, 5) is 0. The smallest absolute Gasteiger partial charge is 0.165 e. The first-order valence-electron chi connectivity index (χ1n) is 5.73. The molecule has 18 heavy (non-hydrogen) atoms. The molecule has 0 fully saturated rings. The van der Waals surface area contributed by atoms with Gasteiger partial charge in [0.25, 0.3) is 0 Å². The topological polar surface area (TPSA) is 26.3 Å². The summed E-state index contributed by atoms with van der Waals surface area (Å²) in [5, 5.41) is 4.77. The highest BCUT2D eigenvalue weighted by Gasteiger charge is 2.10. The average molecular weight is 348 g/mol. The van der Waals surface area contributed by atoms with Crippen LogP contribution in [0.15, 0.2) is 45.2 Å². The lowest BCUT2D eigenvalue weighted by atomic mass is 10.0. The summed E-state index contributed by atoms with van der Waals surface area (Å²) in [6.45, 7) is 1.98. The summed E-state index contributed by atoms with van der Waals surface area (Å²) in [5.41, 5.74) is 1.88. The molecule has 88 valence electrons. The van der Waals surface area contributed by atoms with Gasteiger partial charge in [-0.3, -0.25) is 0 Å². The van der Waals surface area contributed by atoms with Crippen LogP contribution in [0.25, 0.3) is 32.7 Å². The Kier molecular flexibility index (Phi) is 2.03. The molecular weight excluding hydrogens is 339 g/mol. The van der Waals surface area contributed by atoms with Gasteiger partial charge in [-0.2, -0.15) is 0 Å². The van der Waals surface area contributed by atoms with Crippen LogP contribution in [-0.2, 0) is 0 Å². The number of rotatable bonds is 0. The predicted octanol–water partition coefficient (Wildman–Crippen LogP) is 5.25. The van der Waals surface area contributed by atoms with Gasteiger partial charge in [0.1, 0.15) is 16.9 Å². The third-order valence-electron chi connectivity index (χ3n) is 3.29. The van der Waals surface area contributed by atoms with Crippen molar-refractivity contribution >= 4 is 55.3 Å². The Hall–Kier alpha value is -1.49. The van der Waals surface area contributed by atoms with Crippen LogP contribution in [0.4, 0.5) is 0 Å². The molecule has 0 radical (unpaired) electrons. The normalized spacial score (nSPS) is 11.9. The van der Waals surface area contributed by atoms with E-state index in [4.69, 9.17) is 8.83 Å². The molecule has 0 atom stereocenters. The van der Waals surface area contributed by atoms with Crippen molar-refractivity contribution < 1.29 is 8.83 Å². The van der Waals surface area contributed by atoms with Crippen molar-refractivity contribution in [2.45, 2.75) is 6.92 Å². The first-order valence-corrected chi connectivity index (χ1v) is 6.81. The second kappa shape index (κ2) is 3.51. The molecule has 0 amide bonds. The fraction of sp³-hybridized carbons (Fsp3) is 0.0667. The molecule has 0 N–H and O–H groups in total. The maximum atomic E-state index is 5.67. The van der Waals surface area contributed by atoms with Crippen molar-refractivity contribution in [1.82, 2.24) is 0 Å². The molecule has 2 nitrogen and oxygen atoms in total. The highest BCUT2D eigenvalue weighted by atomic mass is 127. The summed E-state index contributed by atoms with van der Waals surface area (Å²) in [6.07, 6.45) is 0. The van der Waals surface area contributed by atoms with Crippen molar-refractivity contribution in [2.24, 2.45) is 0 Å². The molecule has 0 unspecified atom stereocenters. The Morgan fingerprint density at radius 2 is 1.39 bits per heavy atom. The molecule has 0 aliphatic carbocycles. The van der Waals surface area contributed by atoms with Gasteiger partial charge in [0.2, 0.25) is 0 Å². The average Bonchev–Trinajstić information content (AvgIpc) is 2.89. The standard InChI is InChI=1S/C15H9IO2/c1-8-6-11-9-3-5-14-12(7-15(16)18-14)10(9)2-4-13(11)17-8/h2-7H,1H3. The SMILES string of the molecule is Cc1cc2c(ccc3c4cc(I)oc4ccc23)o1. The summed E-state index contributed by atoms with van der Waals surface area (Å²) in [6, 6.07) is 12.4. The van der Waals surface area contributed by atoms with Gasteiger partial charge in [0.05, 0.1) is 0 Å². The van der Waals surface area contributed by atoms with E-state index in [0.29, 0.717) is 0 Å². The van der Waals surface area contributed by atoms with Crippen molar-refractivity contribution in [3.05, 3.63) is 45.9 Å². The Labute approximate surface area is 117 Å². The van der Waals surface area contributed by atoms with Gasteiger partial charge in [0, 0.05) is 10.8 Å². The van der Waals surface area contributed by atoms with Crippen LogP contribution in [0, 0.1) is 10.7 Å². The summed E-state index contributed by atoms with van der Waals surface area (Å²) >= 11 is 2.20. The van der Waals surface area contributed by atoms with E-state index in [-0.39, 0.29) is 0 Å². The van der Waals surface area contributed by atoms with Crippen LogP contribution in [-0.4, -0.2) is 0 Å². The Morgan fingerprint density at radius 3 is 2.11 bits per heavy atom. The lowest BCUT2D eigenvalue weighted by molar-refractivity contribution is 0.578. The van der Waals surface area contributed by atoms with E-state index in [1.165, 1.54) is 16.2 Å². The second-order valence-electron chi connectivity index (χ2n) is 4.46. The molecular formula is C15H9IO2. The molecule has 3 heteroatoms. The summed E-state index contributed by atoms with van der Waals surface area (Å²) in [7, 11) is 0. The first-order chi connectivity index (χ1) is 8.72. The zero-order valence-corrected chi connectivity index (χ0v) is 11.8. The number of hydrogen-bond acceptors (Lipinski definition) is 2. The van der Waals surface area contributed by atoms with E-state index < -0.39 is 0 Å². The Balaban J connectivity index is 2.29. The number of fused-ring (bicyclic) bond motifs is 5. The molecule has 0 saturated heterocycles. The van der Waals surface area contributed by atoms with E-state index in [2.05, 4.69) is 46.9 Å². The zero-order chi connectivity index (χ0) is 12.3. The fourth-order valence-electron chi connectivity index (χ4n) is 2.54. The van der Waals surface area contributed by atoms with Gasteiger partial charge in [-0.25, -0.2) is 0 Å². The molecule has 2 aromatic heterocycles. The number of furan rings is 2. The third kappa shape index (κ3) is 1.34. The quantitative estimate of drug-likeness (QED) is 0.406. The Bertz CT molecular complexity index is 823. The minimum Gasteiger partial charge on any atom is -0.461 e. The van der Waals surface area contributed by atoms with E-state index >= 15 is 0 Å². The van der Waals surface area contributed by atoms with Crippen LogP contribution in [0.5, 0.6) is 0 Å². The molecule has 2 aromatic carbocycles. The summed E-state index contributed by atoms with van der Waals surface area (Å²) in [5.74, 6) is 0.944. The van der Waals surface area contributed by atoms with Gasteiger partial charge in [-0.05, 0) is 76.7 Å². The molecule has 0 bridgehead atoms. The van der Waals surface area contributed by atoms with Crippen LogP contribution < -0.4 is 0 Å². The van der Waals surface area contributed by atoms with Crippen LogP contribution >= 0.6 is 22.6 Å². The maximum absolute atomic E-state index is 5.67. The van der Waals surface area contributed by atoms with Crippen molar-refractivity contribution in [1.29, 1.82) is 0 Å². The largest absolute Gasteiger partial charge is 0.461 e. The highest BCUT2D eigenvalue weighted by molar-refractivity contribution is 14.1. The van der Waals surface area contributed by atoms with Crippen molar-refractivity contribution in [2.75, 3.05) is 0 Å². The van der Waals surface area contributed by atoms with E-state index in [1.54, 1.807) is 0 Å². The minimum atomic E-state index is 0.915. The van der Waals surface area contributed by atoms with Gasteiger partial charge in [-0.1, -0.05) is 0 Å². The Morgan fingerprint density at radius 1 is 0.778 bits per heavy atom. The van der Waals surface area contributed by atoms with Gasteiger partial charge >= 0.3 is 0 Å². The summed E-state index contributed by atoms with van der Waals surface area (Å²) < 4.78 is 12.2. The molecule has 4 rings (SSSR count). The fourth-order valence-corrected chi connectivity index (χ4v) is 3.09. The lowest BCUT2D eigenvalue weighted by Crippen LogP contribution is -1.74. The van der Waals surface area contributed by atoms with E-state index in [9.17, 15) is 0 Å². The number of aryl methyl sites for hydroxylation is 1. The third-order valence-corrected chi connectivity index (χ3v) is 3.82. The molecule has 2 heterocycles. The monoisotopic (exact) mass is 348 g/mol. The number of halogens is 1. The molecule has 0 aliphatic rings. The van der Waals surface area contributed by atoms with Crippen LogP contribution in [0.3, 0.4) is 0 Å². The van der Waals surface area contributed by atoms with Crippen molar-refractivity contribution in [3.63, 3.8) is 0 Å². The van der Waals surface area contributed by atoms with Crippen LogP contribution in [0.2, 0.25) is 0 Å². The van der Waals surface area contributed by atoms with Gasteiger partial charge in [-0.15, -0.1) is 0 Å². The maximum Gasteiger partial charge on any atom is 0.165 e. The second-order valence-corrected chi connectivity index (χ2v) is 5.52. The number of benzene rings is 2. The molecule has 0 spiro atoms. The molecule has 0 aliphatic heterocycles. The zero-order valence-electron chi connectivity index (χ0n) is 9.66. The first kappa shape index (κ1) is 10.4. The number of hydrogen-bond donors (Lipinski definition) is 0. The van der Waals surface area contributed by atoms with Gasteiger partial charge in [0.15, 0.2) is 3.77 Å². The van der Waals surface area contributed by atoms with Gasteiger partial charge < -0.3 is 8.83 Å². The molecule has 4 aromatic rings. The minimum absolute atomic E-state index is 0.915. The molecule has 0 saturated carbocycles. The van der Waals surface area contributed by atoms with Crippen LogP contribution in [0.1, 0.15) is 5.76 Å². The van der Waals surface area contributed by atoms with E-state index in [1.807, 2.05) is 19.1 Å². The highest BCUT2D eigenvalue weighted by Crippen LogP contribution is 2.34. The lowest BCUT2D eigenvalue weighted by Gasteiger charge is -1.99. The van der Waals surface area contributed by atoms with E-state index in [0.717, 1.165) is 26.1 Å². The van der Waals surface area contributed by atoms with Crippen molar-refractivity contribution in [3.8, 4) is 0 Å².